The van der Waals surface area contributed by atoms with Crippen LogP contribution in [-0.2, 0) is 9.53 Å². The van der Waals surface area contributed by atoms with Crippen LogP contribution in [0.5, 0.6) is 0 Å². The van der Waals surface area contributed by atoms with Crippen LogP contribution in [0.3, 0.4) is 0 Å². The van der Waals surface area contributed by atoms with Crippen LogP contribution in [0, 0.1) is 6.92 Å². The zero-order valence-corrected chi connectivity index (χ0v) is 14.0. The van der Waals surface area contributed by atoms with Crippen LogP contribution in [0.2, 0.25) is 0 Å². The van der Waals surface area contributed by atoms with Crippen molar-refractivity contribution in [2.75, 3.05) is 13.2 Å². The molecule has 1 aliphatic rings. The molecule has 25 heavy (non-hydrogen) atoms. The Morgan fingerprint density at radius 3 is 2.60 bits per heavy atom. The topological polar surface area (TPSA) is 93.5 Å². The fraction of sp³-hybridized carbons (Fsp3) is 0.389. The van der Waals surface area contributed by atoms with Gasteiger partial charge in [-0.2, -0.15) is 5.10 Å². The minimum absolute atomic E-state index is 0.208. The monoisotopic (exact) mass is 343 g/mol. The second-order valence-corrected chi connectivity index (χ2v) is 6.09. The number of hydrogen-bond donors (Lipinski definition) is 2. The molecule has 7 heteroatoms. The first-order valence-corrected chi connectivity index (χ1v) is 8.28. The van der Waals surface area contributed by atoms with E-state index in [4.69, 9.17) is 4.74 Å². The van der Waals surface area contributed by atoms with Crippen LogP contribution < -0.4 is 5.32 Å². The van der Waals surface area contributed by atoms with E-state index in [1.54, 1.807) is 30.3 Å². The lowest BCUT2D eigenvalue weighted by Gasteiger charge is -2.23. The number of carboxylic acid groups (broad SMARTS) is 1. The van der Waals surface area contributed by atoms with E-state index in [9.17, 15) is 14.7 Å². The molecular weight excluding hydrogens is 322 g/mol. The minimum atomic E-state index is -1.10. The lowest BCUT2D eigenvalue weighted by molar-refractivity contribution is -0.139. The number of aromatic nitrogens is 2. The highest BCUT2D eigenvalue weighted by molar-refractivity contribution is 5.97. The quantitative estimate of drug-likeness (QED) is 0.867. The van der Waals surface area contributed by atoms with Crippen molar-refractivity contribution in [3.05, 3.63) is 53.3 Å². The first-order valence-electron chi connectivity index (χ1n) is 8.28. The van der Waals surface area contributed by atoms with Crippen molar-refractivity contribution < 1.29 is 19.4 Å². The van der Waals surface area contributed by atoms with Crippen LogP contribution in [0.4, 0.5) is 0 Å². The Hall–Kier alpha value is -2.67. The summed E-state index contributed by atoms with van der Waals surface area (Å²) in [7, 11) is 0. The maximum Gasteiger partial charge on any atom is 0.330 e. The number of carboxylic acids is 1. The van der Waals surface area contributed by atoms with Crippen molar-refractivity contribution in [3.8, 4) is 0 Å². The zero-order valence-electron chi connectivity index (χ0n) is 14.0. The van der Waals surface area contributed by atoms with E-state index in [2.05, 4.69) is 10.4 Å². The van der Waals surface area contributed by atoms with Gasteiger partial charge in [0.25, 0.3) is 5.91 Å². The first kappa shape index (κ1) is 17.2. The summed E-state index contributed by atoms with van der Waals surface area (Å²) in [5.41, 5.74) is 1.66. The summed E-state index contributed by atoms with van der Waals surface area (Å²) in [4.78, 5) is 24.2. The number of rotatable bonds is 5. The molecule has 0 bridgehead atoms. The van der Waals surface area contributed by atoms with Crippen LogP contribution in [-0.4, -0.2) is 40.0 Å². The third kappa shape index (κ3) is 3.71. The number of amides is 1. The first-order chi connectivity index (χ1) is 12.1. The highest BCUT2D eigenvalue weighted by Crippen LogP contribution is 2.23. The molecule has 1 unspecified atom stereocenters. The van der Waals surface area contributed by atoms with E-state index in [-0.39, 0.29) is 6.04 Å². The minimum Gasteiger partial charge on any atom is -0.479 e. The molecule has 1 aromatic heterocycles. The van der Waals surface area contributed by atoms with E-state index in [0.29, 0.717) is 24.3 Å². The molecule has 0 radical (unpaired) electrons. The number of carbonyl (C=O) groups is 2. The molecular formula is C18H21N3O4. The van der Waals surface area contributed by atoms with Crippen molar-refractivity contribution in [1.29, 1.82) is 0 Å². The second-order valence-electron chi connectivity index (χ2n) is 6.09. The normalized spacial score (nSPS) is 16.4. The maximum absolute atomic E-state index is 12.6. The molecule has 7 nitrogen and oxygen atoms in total. The van der Waals surface area contributed by atoms with Crippen LogP contribution in [0.15, 0.2) is 36.5 Å². The molecule has 2 N–H and O–H groups in total. The number of ether oxygens (including phenoxy) is 1. The summed E-state index contributed by atoms with van der Waals surface area (Å²) in [6.07, 6.45) is 3.21. The number of carbonyl (C=O) groups excluding carboxylic acids is 1. The van der Waals surface area contributed by atoms with Crippen LogP contribution in [0.1, 0.15) is 46.5 Å². The van der Waals surface area contributed by atoms with Gasteiger partial charge in [-0.05, 0) is 25.3 Å². The van der Waals surface area contributed by atoms with Gasteiger partial charge >= 0.3 is 5.97 Å². The molecule has 132 valence electrons. The molecule has 1 atom stereocenters. The van der Waals surface area contributed by atoms with Gasteiger partial charge in [0.15, 0.2) is 6.04 Å². The maximum atomic E-state index is 12.6. The molecule has 2 aromatic rings. The summed E-state index contributed by atoms with van der Waals surface area (Å²) >= 11 is 0. The summed E-state index contributed by atoms with van der Waals surface area (Å²) in [6.45, 7) is 3.19. The number of aliphatic carboxylic acids is 1. The average Bonchev–Trinajstić information content (AvgIpc) is 3.02. The predicted octanol–water partition coefficient (Wildman–Crippen LogP) is 2.10. The van der Waals surface area contributed by atoms with Gasteiger partial charge in [0.2, 0.25) is 0 Å². The largest absolute Gasteiger partial charge is 0.479 e. The molecule has 1 aliphatic heterocycles. The summed E-state index contributed by atoms with van der Waals surface area (Å²) in [6, 6.07) is 7.75. The number of nitrogens with one attached hydrogen (secondary N) is 1. The third-order valence-corrected chi connectivity index (χ3v) is 4.48. The van der Waals surface area contributed by atoms with Gasteiger partial charge in [-0.25, -0.2) is 4.79 Å². The van der Waals surface area contributed by atoms with Gasteiger partial charge in [-0.3, -0.25) is 9.48 Å². The Morgan fingerprint density at radius 1 is 1.28 bits per heavy atom. The van der Waals surface area contributed by atoms with Gasteiger partial charge in [0.05, 0.1) is 17.8 Å². The van der Waals surface area contributed by atoms with Gasteiger partial charge in [-0.1, -0.05) is 30.3 Å². The second kappa shape index (κ2) is 7.48. The van der Waals surface area contributed by atoms with E-state index in [0.717, 1.165) is 18.5 Å². The summed E-state index contributed by atoms with van der Waals surface area (Å²) in [5, 5.41) is 16.4. The molecule has 1 aromatic carbocycles. The molecule has 1 saturated heterocycles. The average molecular weight is 343 g/mol. The van der Waals surface area contributed by atoms with E-state index < -0.39 is 17.9 Å². The molecule has 1 fully saturated rings. The molecule has 2 heterocycles. The Balaban J connectivity index is 1.78. The number of hydrogen-bond acceptors (Lipinski definition) is 4. The SMILES string of the molecule is Cc1c(C(=O)NC(C(=O)O)c2ccccc2)cnn1C1CCOCC1. The van der Waals surface area contributed by atoms with Crippen molar-refractivity contribution in [3.63, 3.8) is 0 Å². The smallest absolute Gasteiger partial charge is 0.330 e. The standard InChI is InChI=1S/C18H21N3O4/c1-12-15(11-19-21(12)14-7-9-25-10-8-14)17(22)20-16(18(23)24)13-5-3-2-4-6-13/h2-6,11,14,16H,7-10H2,1H3,(H,20,22)(H,23,24). The van der Waals surface area contributed by atoms with Crippen molar-refractivity contribution >= 4 is 11.9 Å². The molecule has 0 spiro atoms. The van der Waals surface area contributed by atoms with Gasteiger partial charge in [0, 0.05) is 18.9 Å². The molecule has 0 saturated carbocycles. The van der Waals surface area contributed by atoms with Crippen molar-refractivity contribution in [1.82, 2.24) is 15.1 Å². The predicted molar refractivity (Wildman–Crippen MR) is 90.3 cm³/mol. The third-order valence-electron chi connectivity index (χ3n) is 4.48. The van der Waals surface area contributed by atoms with Crippen LogP contribution in [0.25, 0.3) is 0 Å². The molecule has 0 aliphatic carbocycles. The van der Waals surface area contributed by atoms with Crippen molar-refractivity contribution in [2.45, 2.75) is 31.8 Å². The van der Waals surface area contributed by atoms with E-state index in [1.807, 2.05) is 11.6 Å². The Labute approximate surface area is 145 Å². The lowest BCUT2D eigenvalue weighted by Crippen LogP contribution is -2.34. The Kier molecular flexibility index (Phi) is 5.14. The molecule has 1 amide bonds. The number of benzene rings is 1. The lowest BCUT2D eigenvalue weighted by atomic mass is 10.1. The fourth-order valence-corrected chi connectivity index (χ4v) is 3.09. The Morgan fingerprint density at radius 2 is 1.96 bits per heavy atom. The van der Waals surface area contributed by atoms with E-state index in [1.165, 1.54) is 6.20 Å². The highest BCUT2D eigenvalue weighted by Gasteiger charge is 2.26. The van der Waals surface area contributed by atoms with Gasteiger partial charge in [0.1, 0.15) is 0 Å². The van der Waals surface area contributed by atoms with E-state index >= 15 is 0 Å². The zero-order chi connectivity index (χ0) is 17.8. The van der Waals surface area contributed by atoms with Gasteiger partial charge < -0.3 is 15.2 Å². The molecule has 3 rings (SSSR count). The van der Waals surface area contributed by atoms with Gasteiger partial charge in [-0.15, -0.1) is 0 Å². The number of nitrogens with zero attached hydrogens (tertiary/aromatic N) is 2. The van der Waals surface area contributed by atoms with Crippen LogP contribution >= 0.6 is 0 Å². The Bertz CT molecular complexity index is 751. The summed E-state index contributed by atoms with van der Waals surface area (Å²) < 4.78 is 7.20. The summed E-state index contributed by atoms with van der Waals surface area (Å²) in [5.74, 6) is -1.54. The highest BCUT2D eigenvalue weighted by atomic mass is 16.5. The fourth-order valence-electron chi connectivity index (χ4n) is 3.09. The van der Waals surface area contributed by atoms with Crippen molar-refractivity contribution in [2.24, 2.45) is 0 Å².